The van der Waals surface area contributed by atoms with Crippen LogP contribution in [-0.2, 0) is 11.3 Å². The summed E-state index contributed by atoms with van der Waals surface area (Å²) in [6.07, 6.45) is 2.10. The average Bonchev–Trinajstić information content (AvgIpc) is 2.79. The quantitative estimate of drug-likeness (QED) is 0.774. The molecule has 162 valence electrons. The van der Waals surface area contributed by atoms with Gasteiger partial charge >= 0.3 is 0 Å². The van der Waals surface area contributed by atoms with Gasteiger partial charge in [-0.3, -0.25) is 14.7 Å². The van der Waals surface area contributed by atoms with Gasteiger partial charge in [0.25, 0.3) is 5.56 Å². The van der Waals surface area contributed by atoms with Crippen LogP contribution < -0.4 is 19.9 Å². The van der Waals surface area contributed by atoms with Gasteiger partial charge < -0.3 is 19.1 Å². The Hall–Kier alpha value is -2.58. The maximum atomic E-state index is 12.3. The molecule has 2 aliphatic rings. The van der Waals surface area contributed by atoms with Crippen LogP contribution in [0.3, 0.4) is 0 Å². The number of H-pyrrole nitrogens is 1. The molecule has 30 heavy (non-hydrogen) atoms. The van der Waals surface area contributed by atoms with Crippen molar-refractivity contribution in [3.63, 3.8) is 0 Å². The lowest BCUT2D eigenvalue weighted by Crippen LogP contribution is -2.39. The number of morpholine rings is 1. The predicted octanol–water partition coefficient (Wildman–Crippen LogP) is 2.00. The van der Waals surface area contributed by atoms with Gasteiger partial charge in [-0.15, -0.1) is 0 Å². The monoisotopic (exact) mass is 414 g/mol. The summed E-state index contributed by atoms with van der Waals surface area (Å²) in [5.74, 6) is 2.58. The van der Waals surface area contributed by atoms with E-state index in [0.29, 0.717) is 19.2 Å². The third-order valence-corrected chi connectivity index (χ3v) is 5.86. The molecule has 0 spiro atoms. The Morgan fingerprint density at radius 1 is 1.17 bits per heavy atom. The van der Waals surface area contributed by atoms with E-state index < -0.39 is 0 Å². The first kappa shape index (κ1) is 20.7. The Labute approximate surface area is 176 Å². The standard InChI is InChI=1S/C22H30N4O4/c1-28-18-5-6-20(29-2)17(12-18)15-25-7-3-4-16(14-25)19-13-21(27)24-22(23-19)26-8-10-30-11-9-26/h5-6,12-13,16H,3-4,7-11,14-15H2,1-2H3,(H,23,24,27). The van der Waals surface area contributed by atoms with Crippen LogP contribution >= 0.6 is 0 Å². The second-order valence-corrected chi connectivity index (χ2v) is 7.85. The highest BCUT2D eigenvalue weighted by molar-refractivity contribution is 5.40. The first-order valence-electron chi connectivity index (χ1n) is 10.5. The van der Waals surface area contributed by atoms with Crippen molar-refractivity contribution in [1.29, 1.82) is 0 Å². The van der Waals surface area contributed by atoms with Crippen molar-refractivity contribution >= 4 is 5.95 Å². The van der Waals surface area contributed by atoms with Gasteiger partial charge in [-0.25, -0.2) is 4.98 Å². The molecule has 1 aromatic carbocycles. The largest absolute Gasteiger partial charge is 0.497 e. The van der Waals surface area contributed by atoms with Crippen molar-refractivity contribution in [3.8, 4) is 11.5 Å². The van der Waals surface area contributed by atoms with E-state index in [1.54, 1.807) is 20.3 Å². The van der Waals surface area contributed by atoms with Crippen LogP contribution in [0.15, 0.2) is 29.1 Å². The molecule has 2 aromatic rings. The van der Waals surface area contributed by atoms with Crippen LogP contribution in [-0.4, -0.2) is 68.5 Å². The van der Waals surface area contributed by atoms with Gasteiger partial charge in [0.1, 0.15) is 11.5 Å². The van der Waals surface area contributed by atoms with E-state index in [0.717, 1.165) is 68.3 Å². The molecule has 0 bridgehead atoms. The summed E-state index contributed by atoms with van der Waals surface area (Å²) in [7, 11) is 3.37. The molecule has 2 aliphatic heterocycles. The topological polar surface area (TPSA) is 79.9 Å². The minimum Gasteiger partial charge on any atom is -0.497 e. The molecular weight excluding hydrogens is 384 g/mol. The van der Waals surface area contributed by atoms with E-state index in [1.165, 1.54) is 0 Å². The van der Waals surface area contributed by atoms with Crippen molar-refractivity contribution < 1.29 is 14.2 Å². The van der Waals surface area contributed by atoms with Gasteiger partial charge in [0.15, 0.2) is 0 Å². The Kier molecular flexibility index (Phi) is 6.54. The average molecular weight is 415 g/mol. The van der Waals surface area contributed by atoms with Crippen LogP contribution in [0.2, 0.25) is 0 Å². The number of hydrogen-bond donors (Lipinski definition) is 1. The molecular formula is C22H30N4O4. The summed E-state index contributed by atoms with van der Waals surface area (Å²) >= 11 is 0. The van der Waals surface area contributed by atoms with E-state index >= 15 is 0 Å². The fourth-order valence-corrected chi connectivity index (χ4v) is 4.28. The zero-order chi connectivity index (χ0) is 20.9. The highest BCUT2D eigenvalue weighted by Gasteiger charge is 2.25. The van der Waals surface area contributed by atoms with Gasteiger partial charge in [-0.05, 0) is 37.6 Å². The highest BCUT2D eigenvalue weighted by atomic mass is 16.5. The Bertz CT molecular complexity index is 910. The number of nitrogens with one attached hydrogen (secondary N) is 1. The molecule has 1 N–H and O–H groups in total. The molecule has 0 saturated carbocycles. The van der Waals surface area contributed by atoms with Crippen molar-refractivity contribution in [2.75, 3.05) is 58.5 Å². The number of aromatic amines is 1. The SMILES string of the molecule is COc1ccc(OC)c(CN2CCCC(c3cc(=O)[nH]c(N4CCOCC4)n3)C2)c1. The molecule has 2 saturated heterocycles. The van der Waals surface area contributed by atoms with Crippen LogP contribution in [0, 0.1) is 0 Å². The number of hydrogen-bond acceptors (Lipinski definition) is 7. The molecule has 0 radical (unpaired) electrons. The van der Waals surface area contributed by atoms with Crippen LogP contribution in [0.4, 0.5) is 5.95 Å². The summed E-state index contributed by atoms with van der Waals surface area (Å²) in [5, 5.41) is 0. The van der Waals surface area contributed by atoms with Gasteiger partial charge in [0.2, 0.25) is 5.95 Å². The first-order valence-corrected chi connectivity index (χ1v) is 10.5. The summed E-state index contributed by atoms with van der Waals surface area (Å²) in [5.41, 5.74) is 1.89. The number of benzene rings is 1. The van der Waals surface area contributed by atoms with Crippen molar-refractivity contribution in [3.05, 3.63) is 45.9 Å². The van der Waals surface area contributed by atoms with Gasteiger partial charge in [-0.2, -0.15) is 0 Å². The third kappa shape index (κ3) is 4.76. The number of anilines is 1. The summed E-state index contributed by atoms with van der Waals surface area (Å²) in [6.45, 7) is 5.46. The highest BCUT2D eigenvalue weighted by Crippen LogP contribution is 2.30. The fourth-order valence-electron chi connectivity index (χ4n) is 4.28. The maximum Gasteiger partial charge on any atom is 0.252 e. The van der Waals surface area contributed by atoms with E-state index in [-0.39, 0.29) is 11.5 Å². The molecule has 0 amide bonds. The van der Waals surface area contributed by atoms with Gasteiger partial charge in [0, 0.05) is 43.7 Å². The number of aromatic nitrogens is 2. The predicted molar refractivity (Wildman–Crippen MR) is 115 cm³/mol. The summed E-state index contributed by atoms with van der Waals surface area (Å²) in [4.78, 5) is 24.5. The Morgan fingerprint density at radius 2 is 2.00 bits per heavy atom. The van der Waals surface area contributed by atoms with Gasteiger partial charge in [0.05, 0.1) is 33.1 Å². The molecule has 0 aliphatic carbocycles. The van der Waals surface area contributed by atoms with Crippen molar-refractivity contribution in [2.45, 2.75) is 25.3 Å². The molecule has 4 rings (SSSR count). The van der Waals surface area contributed by atoms with Crippen LogP contribution in [0.25, 0.3) is 0 Å². The normalized spacial score (nSPS) is 20.2. The molecule has 1 aromatic heterocycles. The van der Waals surface area contributed by atoms with Gasteiger partial charge in [-0.1, -0.05) is 0 Å². The summed E-state index contributed by atoms with van der Waals surface area (Å²) in [6, 6.07) is 7.55. The Balaban J connectivity index is 1.50. The second-order valence-electron chi connectivity index (χ2n) is 7.85. The smallest absolute Gasteiger partial charge is 0.252 e. The molecule has 2 fully saturated rings. The third-order valence-electron chi connectivity index (χ3n) is 5.86. The lowest BCUT2D eigenvalue weighted by Gasteiger charge is -2.33. The molecule has 1 atom stereocenters. The molecule has 3 heterocycles. The molecule has 8 heteroatoms. The lowest BCUT2D eigenvalue weighted by molar-refractivity contribution is 0.122. The van der Waals surface area contributed by atoms with E-state index in [2.05, 4.69) is 14.8 Å². The zero-order valence-corrected chi connectivity index (χ0v) is 17.7. The minimum absolute atomic E-state index is 0.0897. The zero-order valence-electron chi connectivity index (χ0n) is 17.7. The second kappa shape index (κ2) is 9.49. The maximum absolute atomic E-state index is 12.3. The van der Waals surface area contributed by atoms with Crippen molar-refractivity contribution in [1.82, 2.24) is 14.9 Å². The lowest BCUT2D eigenvalue weighted by atomic mass is 9.94. The number of ether oxygens (including phenoxy) is 3. The fraction of sp³-hybridized carbons (Fsp3) is 0.545. The number of methoxy groups -OCH3 is 2. The minimum atomic E-state index is -0.0897. The van der Waals surface area contributed by atoms with Crippen LogP contribution in [0.1, 0.15) is 30.0 Å². The first-order chi connectivity index (χ1) is 14.7. The molecule has 8 nitrogen and oxygen atoms in total. The molecule has 1 unspecified atom stereocenters. The number of piperidine rings is 1. The van der Waals surface area contributed by atoms with Crippen LogP contribution in [0.5, 0.6) is 11.5 Å². The Morgan fingerprint density at radius 3 is 2.77 bits per heavy atom. The number of nitrogens with zero attached hydrogens (tertiary/aromatic N) is 3. The van der Waals surface area contributed by atoms with E-state index in [1.807, 2.05) is 18.2 Å². The van der Waals surface area contributed by atoms with Crippen molar-refractivity contribution in [2.24, 2.45) is 0 Å². The van der Waals surface area contributed by atoms with E-state index in [4.69, 9.17) is 19.2 Å². The number of likely N-dealkylation sites (tertiary alicyclic amines) is 1. The summed E-state index contributed by atoms with van der Waals surface area (Å²) < 4.78 is 16.3. The van der Waals surface area contributed by atoms with E-state index in [9.17, 15) is 4.79 Å². The number of rotatable bonds is 6.